The molecule has 0 heterocycles. The molecular formula is C41H76. The monoisotopic (exact) mass is 569 g/mol. The van der Waals surface area contributed by atoms with Gasteiger partial charge in [0.05, 0.1) is 0 Å². The minimum atomic E-state index is 0.680. The Morgan fingerprint density at radius 2 is 0.829 bits per heavy atom. The fraction of sp³-hybridized carbons (Fsp3) is 1.00. The number of hydrogen-bond acceptors (Lipinski definition) is 0. The third-order valence-corrected chi connectivity index (χ3v) is 14.9. The molecule has 0 heteroatoms. The first-order valence-electron chi connectivity index (χ1n) is 19.0. The summed E-state index contributed by atoms with van der Waals surface area (Å²) in [6, 6.07) is 0. The van der Waals surface area contributed by atoms with Crippen LogP contribution in [0, 0.1) is 62.1 Å². The fourth-order valence-electron chi connectivity index (χ4n) is 13.4. The summed E-state index contributed by atoms with van der Waals surface area (Å²) in [5.74, 6) is 4.67. The van der Waals surface area contributed by atoms with E-state index in [1.54, 1.807) is 0 Å². The normalized spacial score (nSPS) is 47.3. The van der Waals surface area contributed by atoms with Gasteiger partial charge in [-0.2, -0.15) is 0 Å². The van der Waals surface area contributed by atoms with Crippen LogP contribution in [0.15, 0.2) is 0 Å². The Labute approximate surface area is 259 Å². The zero-order valence-corrected chi connectivity index (χ0v) is 30.3. The van der Waals surface area contributed by atoms with E-state index in [0.717, 1.165) is 40.4 Å². The molecule has 1 unspecified atom stereocenters. The summed E-state index contributed by atoms with van der Waals surface area (Å²) < 4.78 is 0. The fourth-order valence-corrected chi connectivity index (χ4v) is 13.4. The van der Waals surface area contributed by atoms with Gasteiger partial charge in [-0.3, -0.25) is 0 Å². The standard InChI is InChI=1S/2C14H26.C13H24/c1-11(2)12-13(3)7-5-9-14(12,4)10-6-8-13;1-11(2)12-8-13(3)6-5-7-14(4,9-12)10-13;1-11(2)13-8-4-6-12(3,10-13)7-5-9-13/h2*11-12H,5-10H2,1-4H3;11H,4-10H2,1-3H3/t;12?,13-,14+;. The van der Waals surface area contributed by atoms with E-state index in [1.807, 2.05) is 0 Å². The van der Waals surface area contributed by atoms with E-state index < -0.39 is 0 Å². The number of fused-ring (bicyclic) bond motifs is 6. The lowest BCUT2D eigenvalue weighted by molar-refractivity contribution is -0.0827. The summed E-state index contributed by atoms with van der Waals surface area (Å²) in [6.07, 6.45) is 28.4. The Morgan fingerprint density at radius 1 is 0.439 bits per heavy atom. The van der Waals surface area contributed by atoms with E-state index in [2.05, 4.69) is 76.2 Å². The maximum absolute atomic E-state index is 2.56. The van der Waals surface area contributed by atoms with Gasteiger partial charge in [-0.15, -0.1) is 0 Å². The van der Waals surface area contributed by atoms with Crippen molar-refractivity contribution in [2.24, 2.45) is 62.1 Å². The first-order chi connectivity index (χ1) is 19.0. The Kier molecular flexibility index (Phi) is 10.3. The van der Waals surface area contributed by atoms with Gasteiger partial charge >= 0.3 is 0 Å². The van der Waals surface area contributed by atoms with Gasteiger partial charge in [0.15, 0.2) is 0 Å². The third kappa shape index (κ3) is 7.46. The Balaban J connectivity index is 0.000000142. The highest BCUT2D eigenvalue weighted by atomic mass is 14.6. The SMILES string of the molecule is CC(C)C12CCCC(C)(CCC1)C2.CC(C)C1C2(C)CCCC1(C)CCC2.CC(C)C1C[C@]2(C)CCC[C@](C)(C1)C2. The highest BCUT2D eigenvalue weighted by molar-refractivity contribution is 5.02. The van der Waals surface area contributed by atoms with Crippen molar-refractivity contribution in [1.29, 1.82) is 0 Å². The molecule has 0 aromatic rings. The second-order valence-electron chi connectivity index (χ2n) is 20.0. The zero-order chi connectivity index (χ0) is 30.3. The second kappa shape index (κ2) is 12.4. The first kappa shape index (κ1) is 33.9. The molecule has 41 heavy (non-hydrogen) atoms. The first-order valence-corrected chi connectivity index (χ1v) is 19.0. The van der Waals surface area contributed by atoms with Gasteiger partial charge in [0.1, 0.15) is 0 Å². The van der Waals surface area contributed by atoms with E-state index in [1.165, 1.54) is 122 Å². The highest BCUT2D eigenvalue weighted by Crippen LogP contribution is 2.62. The summed E-state index contributed by atoms with van der Waals surface area (Å²) >= 11 is 0. The van der Waals surface area contributed by atoms with E-state index in [9.17, 15) is 0 Å². The van der Waals surface area contributed by atoms with Gasteiger partial charge < -0.3 is 0 Å². The van der Waals surface area contributed by atoms with Crippen LogP contribution in [0.1, 0.15) is 198 Å². The highest BCUT2D eigenvalue weighted by Gasteiger charge is 2.52. The predicted octanol–water partition coefficient (Wildman–Crippen LogP) is 13.7. The second-order valence-corrected chi connectivity index (χ2v) is 20.0. The van der Waals surface area contributed by atoms with Crippen LogP contribution in [0.4, 0.5) is 0 Å². The Hall–Kier alpha value is 0. The molecule has 0 aromatic heterocycles. The molecule has 0 saturated heterocycles. The van der Waals surface area contributed by atoms with Crippen molar-refractivity contribution in [3.63, 3.8) is 0 Å². The average molecular weight is 569 g/mol. The molecule has 0 aromatic carbocycles. The number of rotatable bonds is 3. The summed E-state index contributed by atoms with van der Waals surface area (Å²) in [5.41, 5.74) is 4.21. The topological polar surface area (TPSA) is 0 Å². The molecule has 0 amide bonds. The molecule has 3 atom stereocenters. The Bertz CT molecular complexity index is 788. The van der Waals surface area contributed by atoms with Gasteiger partial charge in [-0.25, -0.2) is 0 Å². The lowest BCUT2D eigenvalue weighted by atomic mass is 9.47. The maximum Gasteiger partial charge on any atom is -0.0269 e. The predicted molar refractivity (Wildman–Crippen MR) is 182 cm³/mol. The van der Waals surface area contributed by atoms with Crippen LogP contribution in [0.5, 0.6) is 0 Å². The van der Waals surface area contributed by atoms with Gasteiger partial charge in [0.2, 0.25) is 0 Å². The molecule has 0 aliphatic heterocycles. The van der Waals surface area contributed by atoms with Gasteiger partial charge in [0, 0.05) is 0 Å². The molecule has 6 rings (SSSR count). The van der Waals surface area contributed by atoms with E-state index in [4.69, 9.17) is 0 Å². The van der Waals surface area contributed by atoms with Gasteiger partial charge in [-0.05, 0) is 152 Å². The zero-order valence-electron chi connectivity index (χ0n) is 30.3. The van der Waals surface area contributed by atoms with E-state index in [-0.39, 0.29) is 0 Å². The van der Waals surface area contributed by atoms with Crippen molar-refractivity contribution in [3.05, 3.63) is 0 Å². The molecule has 6 aliphatic rings. The molecule has 0 nitrogen and oxygen atoms in total. The van der Waals surface area contributed by atoms with Crippen molar-refractivity contribution >= 4 is 0 Å². The molecule has 6 aliphatic carbocycles. The van der Waals surface area contributed by atoms with E-state index >= 15 is 0 Å². The van der Waals surface area contributed by atoms with Gasteiger partial charge in [0.25, 0.3) is 0 Å². The smallest absolute Gasteiger partial charge is 0.0269 e. The maximum atomic E-state index is 2.56. The van der Waals surface area contributed by atoms with Crippen LogP contribution in [0.25, 0.3) is 0 Å². The Morgan fingerprint density at radius 3 is 1.17 bits per heavy atom. The lowest BCUT2D eigenvalue weighted by Crippen LogP contribution is -2.49. The van der Waals surface area contributed by atoms with Crippen LogP contribution in [-0.2, 0) is 0 Å². The van der Waals surface area contributed by atoms with Crippen LogP contribution in [0.2, 0.25) is 0 Å². The summed E-state index contributed by atoms with van der Waals surface area (Å²) in [5, 5.41) is 0. The third-order valence-electron chi connectivity index (χ3n) is 14.9. The molecule has 6 fully saturated rings. The van der Waals surface area contributed by atoms with Crippen molar-refractivity contribution in [1.82, 2.24) is 0 Å². The minimum Gasteiger partial charge on any atom is -0.0625 e. The largest absolute Gasteiger partial charge is 0.0625 e. The van der Waals surface area contributed by atoms with Crippen molar-refractivity contribution in [2.75, 3.05) is 0 Å². The quantitative estimate of drug-likeness (QED) is 0.317. The van der Waals surface area contributed by atoms with Crippen LogP contribution < -0.4 is 0 Å². The summed E-state index contributed by atoms with van der Waals surface area (Å²) in [7, 11) is 0. The number of hydrogen-bond donors (Lipinski definition) is 0. The molecule has 0 N–H and O–H groups in total. The molecule has 240 valence electrons. The molecular weight excluding hydrogens is 492 g/mol. The van der Waals surface area contributed by atoms with Crippen molar-refractivity contribution in [3.8, 4) is 0 Å². The van der Waals surface area contributed by atoms with Crippen LogP contribution in [-0.4, -0.2) is 0 Å². The molecule has 0 spiro atoms. The van der Waals surface area contributed by atoms with Gasteiger partial charge in [-0.1, -0.05) is 108 Å². The molecule has 0 radical (unpaired) electrons. The molecule has 6 saturated carbocycles. The van der Waals surface area contributed by atoms with Crippen molar-refractivity contribution in [2.45, 2.75) is 198 Å². The molecule has 6 bridgehead atoms. The minimum absolute atomic E-state index is 0.680. The summed E-state index contributed by atoms with van der Waals surface area (Å²) in [4.78, 5) is 0. The summed E-state index contributed by atoms with van der Waals surface area (Å²) in [6.45, 7) is 27.3. The van der Waals surface area contributed by atoms with Crippen LogP contribution >= 0.6 is 0 Å². The van der Waals surface area contributed by atoms with E-state index in [0.29, 0.717) is 21.7 Å². The lowest BCUT2D eigenvalue weighted by Gasteiger charge is -2.58. The van der Waals surface area contributed by atoms with Crippen LogP contribution in [0.3, 0.4) is 0 Å². The van der Waals surface area contributed by atoms with Crippen molar-refractivity contribution < 1.29 is 0 Å². The average Bonchev–Trinajstić information content (AvgIpc) is 2.82.